The van der Waals surface area contributed by atoms with Crippen LogP contribution in [0, 0.1) is 0 Å². The number of hydrogen-bond donors (Lipinski definition) is 10. The van der Waals surface area contributed by atoms with Crippen LogP contribution < -0.4 is 43.8 Å². The van der Waals surface area contributed by atoms with Crippen LogP contribution in [0.25, 0.3) is 0 Å². The van der Waals surface area contributed by atoms with Crippen molar-refractivity contribution in [2.24, 2.45) is 22.2 Å². The number of aliphatic imine (C=N–C) groups is 1. The molecule has 42 heavy (non-hydrogen) atoms. The van der Waals surface area contributed by atoms with E-state index in [1.807, 2.05) is 5.32 Å². The van der Waals surface area contributed by atoms with Crippen molar-refractivity contribution in [2.75, 3.05) is 19.6 Å². The number of aromatic hydroxyl groups is 1. The number of phenolic OH excluding ortho intramolecular Hbond substituents is 1. The smallest absolute Gasteiger partial charge is 0.336 e. The average molecular weight is 592 g/mol. The van der Waals surface area contributed by atoms with Gasteiger partial charge in [0.05, 0.1) is 6.54 Å². The van der Waals surface area contributed by atoms with Crippen LogP contribution in [0.15, 0.2) is 29.3 Å². The number of carbonyl (C=O) groups excluding carboxylic acids is 5. The lowest BCUT2D eigenvalue weighted by atomic mass is 10.0. The summed E-state index contributed by atoms with van der Waals surface area (Å²) in [6, 6.07) is -0.220. The Balaban J connectivity index is 2.47. The van der Waals surface area contributed by atoms with Gasteiger partial charge in [0.2, 0.25) is 29.7 Å². The van der Waals surface area contributed by atoms with Gasteiger partial charge in [0.15, 0.2) is 5.96 Å². The number of phenols is 1. The summed E-state index contributed by atoms with van der Waals surface area (Å²) in [5, 5.41) is 30.9. The van der Waals surface area contributed by atoms with Crippen LogP contribution in [0.4, 0.5) is 0 Å². The third-order valence-electron chi connectivity index (χ3n) is 6.17. The molecule has 1 unspecified atom stereocenters. The molecule has 1 fully saturated rings. The summed E-state index contributed by atoms with van der Waals surface area (Å²) in [5.41, 5.74) is 16.7. The Morgan fingerprint density at radius 1 is 0.833 bits per heavy atom. The molecule has 0 aromatic heterocycles. The zero-order valence-electron chi connectivity index (χ0n) is 22.8. The molecule has 17 heteroatoms. The van der Waals surface area contributed by atoms with Crippen molar-refractivity contribution in [2.45, 2.75) is 56.3 Å². The van der Waals surface area contributed by atoms with E-state index in [2.05, 4.69) is 26.3 Å². The third kappa shape index (κ3) is 10.9. The van der Waals surface area contributed by atoms with E-state index >= 15 is 0 Å². The van der Waals surface area contributed by atoms with Crippen LogP contribution >= 0.6 is 0 Å². The van der Waals surface area contributed by atoms with Gasteiger partial charge in [-0.15, -0.1) is 0 Å². The average Bonchev–Trinajstić information content (AvgIpc) is 2.93. The van der Waals surface area contributed by atoms with Crippen LogP contribution in [0.2, 0.25) is 0 Å². The molecule has 0 spiro atoms. The van der Waals surface area contributed by atoms with Crippen LogP contribution in [-0.4, -0.2) is 95.5 Å². The fourth-order valence-electron chi connectivity index (χ4n) is 3.97. The maximum Gasteiger partial charge on any atom is 0.336 e. The minimum absolute atomic E-state index is 0.0443. The zero-order valence-corrected chi connectivity index (χ0v) is 22.8. The zero-order chi connectivity index (χ0) is 31.2. The molecule has 2 rings (SSSR count). The predicted octanol–water partition coefficient (Wildman–Crippen LogP) is -4.12. The largest absolute Gasteiger partial charge is 0.508 e. The lowest BCUT2D eigenvalue weighted by Crippen LogP contribution is -2.59. The minimum atomic E-state index is -2.10. The summed E-state index contributed by atoms with van der Waals surface area (Å²) in [5.74, 6) is -6.62. The number of benzene rings is 1. The standard InChI is InChI=1S/C25H37N9O8/c26-9-2-1-3-15-21(38)32-16(8-10-29-25(27)28)20(37)30-12-18(36)34-19(24(41)42)23(40)33-17(22(39)31-15)11-13-4-6-14(35)7-5-13/h4-7,15-17,19,35H,1-3,8-12,26H2,(H,30,37)(H,31,39)(H,32,38)(H,33,40)(H,34,36)(H,41,42)(H4,27,28,29)/t15-,16-,17?,19+/m0/s1. The van der Waals surface area contributed by atoms with Gasteiger partial charge in [0.25, 0.3) is 5.91 Å². The first kappa shape index (κ1) is 33.3. The molecule has 0 bridgehead atoms. The van der Waals surface area contributed by atoms with Crippen molar-refractivity contribution in [3.63, 3.8) is 0 Å². The Bertz CT molecular complexity index is 1170. The quantitative estimate of drug-likeness (QED) is 0.0539. The highest BCUT2D eigenvalue weighted by atomic mass is 16.4. The van der Waals surface area contributed by atoms with Gasteiger partial charge in [-0.25, -0.2) is 4.79 Å². The van der Waals surface area contributed by atoms with Crippen LogP contribution in [-0.2, 0) is 35.2 Å². The molecule has 0 radical (unpaired) electrons. The second-order valence-corrected chi connectivity index (χ2v) is 9.49. The number of carboxylic acids is 1. The summed E-state index contributed by atoms with van der Waals surface area (Å²) < 4.78 is 0. The first-order valence-corrected chi connectivity index (χ1v) is 13.2. The van der Waals surface area contributed by atoms with Gasteiger partial charge < -0.3 is 54.0 Å². The molecule has 230 valence electrons. The highest BCUT2D eigenvalue weighted by Gasteiger charge is 2.34. The maximum atomic E-state index is 13.5. The van der Waals surface area contributed by atoms with E-state index < -0.39 is 66.2 Å². The van der Waals surface area contributed by atoms with Gasteiger partial charge in [-0.05, 0) is 49.9 Å². The van der Waals surface area contributed by atoms with E-state index in [9.17, 15) is 39.0 Å². The molecule has 1 aliphatic rings. The number of nitrogens with two attached hydrogens (primary N) is 3. The molecule has 1 aromatic rings. The summed E-state index contributed by atoms with van der Waals surface area (Å²) in [6.07, 6.45) is 0.830. The molecule has 17 nitrogen and oxygen atoms in total. The number of nitrogens with zero attached hydrogens (tertiary/aromatic N) is 1. The molecule has 0 aliphatic carbocycles. The molecule has 5 amide bonds. The highest BCUT2D eigenvalue weighted by molar-refractivity contribution is 6.06. The Morgan fingerprint density at radius 2 is 1.43 bits per heavy atom. The van der Waals surface area contributed by atoms with Gasteiger partial charge in [-0.1, -0.05) is 12.1 Å². The lowest BCUT2D eigenvalue weighted by molar-refractivity contribution is -0.147. The molecular weight excluding hydrogens is 554 g/mol. The fraction of sp³-hybridized carbons (Fsp3) is 0.480. The molecule has 0 saturated carbocycles. The van der Waals surface area contributed by atoms with Gasteiger partial charge >= 0.3 is 5.97 Å². The van der Waals surface area contributed by atoms with Gasteiger partial charge in [-0.3, -0.25) is 29.0 Å². The van der Waals surface area contributed by atoms with Gasteiger partial charge in [-0.2, -0.15) is 0 Å². The molecule has 13 N–H and O–H groups in total. The number of hydrogen-bond acceptors (Lipinski definition) is 9. The van der Waals surface area contributed by atoms with Crippen molar-refractivity contribution in [1.29, 1.82) is 0 Å². The Kier molecular flexibility index (Phi) is 13.0. The Hall–Kier alpha value is -4.93. The second-order valence-electron chi connectivity index (χ2n) is 9.49. The monoisotopic (exact) mass is 591 g/mol. The number of amides is 5. The number of unbranched alkanes of at least 4 members (excludes halogenated alkanes) is 1. The van der Waals surface area contributed by atoms with Gasteiger partial charge in [0, 0.05) is 13.0 Å². The number of carbonyl (C=O) groups is 6. The Morgan fingerprint density at radius 3 is 2.02 bits per heavy atom. The fourth-order valence-corrected chi connectivity index (χ4v) is 3.97. The minimum Gasteiger partial charge on any atom is -0.508 e. The van der Waals surface area contributed by atoms with Crippen molar-refractivity contribution in [1.82, 2.24) is 26.6 Å². The van der Waals surface area contributed by atoms with E-state index in [1.165, 1.54) is 24.3 Å². The van der Waals surface area contributed by atoms with E-state index in [4.69, 9.17) is 17.2 Å². The van der Waals surface area contributed by atoms with E-state index in [-0.39, 0.29) is 37.5 Å². The number of guanidine groups is 1. The molecule has 1 aromatic carbocycles. The highest BCUT2D eigenvalue weighted by Crippen LogP contribution is 2.12. The summed E-state index contributed by atoms with van der Waals surface area (Å²) >= 11 is 0. The first-order valence-electron chi connectivity index (χ1n) is 13.2. The molecule has 4 atom stereocenters. The topological polar surface area (TPSA) is 293 Å². The van der Waals surface area contributed by atoms with E-state index in [0.29, 0.717) is 24.9 Å². The van der Waals surface area contributed by atoms with Crippen molar-refractivity contribution in [3.05, 3.63) is 29.8 Å². The van der Waals surface area contributed by atoms with Crippen LogP contribution in [0.5, 0.6) is 5.75 Å². The molecular formula is C25H37N9O8. The third-order valence-corrected chi connectivity index (χ3v) is 6.17. The number of aliphatic carboxylic acids is 1. The van der Waals surface area contributed by atoms with Crippen molar-refractivity contribution >= 4 is 41.5 Å². The summed E-state index contributed by atoms with van der Waals surface area (Å²) in [4.78, 5) is 80.7. The number of carboxylic acid groups (broad SMARTS) is 1. The van der Waals surface area contributed by atoms with Crippen molar-refractivity contribution in [3.8, 4) is 5.75 Å². The summed E-state index contributed by atoms with van der Waals surface area (Å²) in [6.45, 7) is -0.465. The molecule has 1 saturated heterocycles. The SMILES string of the molecule is NCCCC[C@@H]1NC(=O)C(Cc2ccc(O)cc2)NC(=O)[C@H](C(=O)O)NC(=O)CNC(=O)[C@H](CCN=C(N)N)NC1=O. The van der Waals surface area contributed by atoms with Crippen LogP contribution in [0.3, 0.4) is 0 Å². The van der Waals surface area contributed by atoms with E-state index in [0.717, 1.165) is 0 Å². The number of rotatable bonds is 10. The molecule has 1 heterocycles. The normalized spacial score (nSPS) is 22.3. The molecule has 1 aliphatic heterocycles. The maximum absolute atomic E-state index is 13.5. The number of nitrogens with one attached hydrogen (secondary N) is 5. The lowest BCUT2D eigenvalue weighted by Gasteiger charge is -2.25. The summed E-state index contributed by atoms with van der Waals surface area (Å²) in [7, 11) is 0. The van der Waals surface area contributed by atoms with Crippen molar-refractivity contribution < 1.29 is 39.0 Å². The Labute approximate surface area is 241 Å². The van der Waals surface area contributed by atoms with Crippen LogP contribution in [0.1, 0.15) is 31.2 Å². The van der Waals surface area contributed by atoms with Gasteiger partial charge in [0.1, 0.15) is 23.9 Å². The van der Waals surface area contributed by atoms with E-state index in [1.54, 1.807) is 0 Å². The predicted molar refractivity (Wildman–Crippen MR) is 148 cm³/mol. The first-order chi connectivity index (χ1) is 19.9. The second kappa shape index (κ2) is 16.4.